The summed E-state index contributed by atoms with van der Waals surface area (Å²) in [7, 11) is 0. The number of nitrogens with zero attached hydrogens (tertiary/aromatic N) is 3. The van der Waals surface area contributed by atoms with Crippen LogP contribution >= 0.6 is 0 Å². The second-order valence-corrected chi connectivity index (χ2v) is 6.24. The largest absolute Gasteiger partial charge is 0.395 e. The van der Waals surface area contributed by atoms with E-state index < -0.39 is 0 Å². The number of hydrogen-bond donors (Lipinski definition) is 1. The minimum Gasteiger partial charge on any atom is -0.395 e. The number of carbonyl (C=O) groups excluding carboxylic acids is 1. The Kier molecular flexibility index (Phi) is 4.48. The zero-order valence-electron chi connectivity index (χ0n) is 13.7. The number of aliphatic hydroxyl groups excluding tert-OH is 1. The summed E-state index contributed by atoms with van der Waals surface area (Å²) < 4.78 is 1.95. The lowest BCUT2D eigenvalue weighted by molar-refractivity contribution is 0.0707. The molecule has 0 unspecified atom stereocenters. The van der Waals surface area contributed by atoms with Crippen molar-refractivity contribution in [3.05, 3.63) is 52.8 Å². The molecule has 0 spiro atoms. The molecule has 0 aliphatic heterocycles. The minimum absolute atomic E-state index is 0.00763. The van der Waals surface area contributed by atoms with Crippen LogP contribution < -0.4 is 0 Å². The van der Waals surface area contributed by atoms with E-state index in [1.165, 1.54) is 0 Å². The fourth-order valence-corrected chi connectivity index (χ4v) is 2.92. The van der Waals surface area contributed by atoms with Crippen LogP contribution in [0.5, 0.6) is 0 Å². The van der Waals surface area contributed by atoms with Crippen LogP contribution in [0.1, 0.15) is 40.2 Å². The van der Waals surface area contributed by atoms with Crippen LogP contribution in [0.15, 0.2) is 30.3 Å². The van der Waals surface area contributed by atoms with Crippen molar-refractivity contribution in [3.8, 4) is 0 Å². The first-order valence-corrected chi connectivity index (χ1v) is 8.10. The summed E-state index contributed by atoms with van der Waals surface area (Å²) in [6, 6.07) is 10.1. The summed E-state index contributed by atoms with van der Waals surface area (Å²) in [5, 5.41) is 13.7. The molecule has 1 aliphatic rings. The first kappa shape index (κ1) is 15.7. The maximum absolute atomic E-state index is 12.7. The number of carbonyl (C=O) groups is 1. The van der Waals surface area contributed by atoms with Gasteiger partial charge in [-0.05, 0) is 50.5 Å². The van der Waals surface area contributed by atoms with Gasteiger partial charge in [-0.2, -0.15) is 5.10 Å². The van der Waals surface area contributed by atoms with E-state index in [2.05, 4.69) is 5.10 Å². The van der Waals surface area contributed by atoms with E-state index in [9.17, 15) is 9.90 Å². The van der Waals surface area contributed by atoms with Crippen LogP contribution in [0.2, 0.25) is 0 Å². The molecule has 1 heterocycles. The number of benzene rings is 1. The van der Waals surface area contributed by atoms with Gasteiger partial charge in [-0.1, -0.05) is 12.1 Å². The number of amides is 1. The molecule has 5 nitrogen and oxygen atoms in total. The van der Waals surface area contributed by atoms with Crippen molar-refractivity contribution in [2.45, 2.75) is 39.3 Å². The smallest absolute Gasteiger partial charge is 0.254 e. The predicted octanol–water partition coefficient (Wildman–Crippen LogP) is 2.15. The molecule has 1 aliphatic carbocycles. The van der Waals surface area contributed by atoms with Crippen LogP contribution in [-0.2, 0) is 6.54 Å². The highest BCUT2D eigenvalue weighted by molar-refractivity contribution is 5.94. The molecule has 0 bridgehead atoms. The van der Waals surface area contributed by atoms with Crippen molar-refractivity contribution in [1.29, 1.82) is 0 Å². The topological polar surface area (TPSA) is 58.4 Å². The fourth-order valence-electron chi connectivity index (χ4n) is 2.92. The van der Waals surface area contributed by atoms with Gasteiger partial charge in [-0.15, -0.1) is 0 Å². The number of aromatic nitrogens is 2. The maximum atomic E-state index is 12.7. The van der Waals surface area contributed by atoms with E-state index in [0.717, 1.165) is 29.8 Å². The Hall–Kier alpha value is -2.14. The Morgan fingerprint density at radius 2 is 2.13 bits per heavy atom. The summed E-state index contributed by atoms with van der Waals surface area (Å²) >= 11 is 0. The van der Waals surface area contributed by atoms with Crippen LogP contribution in [0, 0.1) is 13.8 Å². The molecule has 3 rings (SSSR count). The Morgan fingerprint density at radius 3 is 2.74 bits per heavy atom. The third-order valence-electron chi connectivity index (χ3n) is 4.20. The van der Waals surface area contributed by atoms with E-state index in [4.69, 9.17) is 0 Å². The zero-order valence-corrected chi connectivity index (χ0v) is 13.7. The van der Waals surface area contributed by atoms with Gasteiger partial charge in [0.25, 0.3) is 5.91 Å². The highest BCUT2D eigenvalue weighted by Crippen LogP contribution is 2.28. The molecule has 0 saturated heterocycles. The average molecular weight is 313 g/mol. The number of aryl methyl sites for hydroxylation is 2. The molecule has 1 fully saturated rings. The van der Waals surface area contributed by atoms with E-state index >= 15 is 0 Å². The molecule has 1 aromatic carbocycles. The molecule has 1 saturated carbocycles. The predicted molar refractivity (Wildman–Crippen MR) is 88.4 cm³/mol. The molecule has 5 heteroatoms. The molecule has 122 valence electrons. The van der Waals surface area contributed by atoms with Crippen molar-refractivity contribution in [2.75, 3.05) is 13.2 Å². The standard InChI is InChI=1S/C18H23N3O2/c1-13-10-14(2)21(19-13)12-15-4-3-5-16(11-15)18(23)20(8-9-22)17-6-7-17/h3-5,10-11,17,22H,6-9,12H2,1-2H3. The fraction of sp³-hybridized carbons (Fsp3) is 0.444. The van der Waals surface area contributed by atoms with Crippen LogP contribution in [0.3, 0.4) is 0 Å². The zero-order chi connectivity index (χ0) is 16.4. The molecular formula is C18H23N3O2. The number of aliphatic hydroxyl groups is 1. The van der Waals surface area contributed by atoms with Crippen molar-refractivity contribution in [2.24, 2.45) is 0 Å². The van der Waals surface area contributed by atoms with Gasteiger partial charge in [0, 0.05) is 23.8 Å². The van der Waals surface area contributed by atoms with Gasteiger partial charge in [-0.25, -0.2) is 0 Å². The number of hydrogen-bond acceptors (Lipinski definition) is 3. The lowest BCUT2D eigenvalue weighted by Gasteiger charge is -2.21. The normalized spacial score (nSPS) is 14.0. The Bertz CT molecular complexity index is 704. The van der Waals surface area contributed by atoms with Crippen molar-refractivity contribution in [1.82, 2.24) is 14.7 Å². The van der Waals surface area contributed by atoms with Gasteiger partial charge in [0.05, 0.1) is 18.8 Å². The monoisotopic (exact) mass is 313 g/mol. The average Bonchev–Trinajstić information content (AvgIpc) is 3.31. The third kappa shape index (κ3) is 3.62. The molecular weight excluding hydrogens is 290 g/mol. The van der Waals surface area contributed by atoms with E-state index in [0.29, 0.717) is 24.7 Å². The van der Waals surface area contributed by atoms with Gasteiger partial charge in [0.2, 0.25) is 0 Å². The molecule has 0 atom stereocenters. The molecule has 1 N–H and O–H groups in total. The quantitative estimate of drug-likeness (QED) is 0.889. The van der Waals surface area contributed by atoms with E-state index in [1.807, 2.05) is 48.9 Å². The van der Waals surface area contributed by atoms with Crippen LogP contribution in [-0.4, -0.2) is 44.9 Å². The Balaban J connectivity index is 1.78. The lowest BCUT2D eigenvalue weighted by atomic mass is 10.1. The van der Waals surface area contributed by atoms with Gasteiger partial charge in [0.1, 0.15) is 0 Å². The Labute approximate surface area is 136 Å². The van der Waals surface area contributed by atoms with Gasteiger partial charge < -0.3 is 10.0 Å². The summed E-state index contributed by atoms with van der Waals surface area (Å²) in [5.74, 6) is 0.0109. The first-order valence-electron chi connectivity index (χ1n) is 8.10. The summed E-state index contributed by atoms with van der Waals surface area (Å²) in [5.41, 5.74) is 3.85. The molecule has 2 aromatic rings. The third-order valence-corrected chi connectivity index (χ3v) is 4.20. The maximum Gasteiger partial charge on any atom is 0.254 e. The van der Waals surface area contributed by atoms with Gasteiger partial charge in [-0.3, -0.25) is 9.48 Å². The van der Waals surface area contributed by atoms with Crippen molar-refractivity contribution >= 4 is 5.91 Å². The second-order valence-electron chi connectivity index (χ2n) is 6.24. The Morgan fingerprint density at radius 1 is 1.35 bits per heavy atom. The summed E-state index contributed by atoms with van der Waals surface area (Å²) in [4.78, 5) is 14.5. The number of rotatable bonds is 6. The SMILES string of the molecule is Cc1cc(C)n(Cc2cccc(C(=O)N(CCO)C3CC3)c2)n1. The highest BCUT2D eigenvalue weighted by Gasteiger charge is 2.32. The molecule has 1 aromatic heterocycles. The van der Waals surface area contributed by atoms with Gasteiger partial charge in [0.15, 0.2) is 0 Å². The summed E-state index contributed by atoms with van der Waals surface area (Å²) in [6.07, 6.45) is 2.08. The second kappa shape index (κ2) is 6.54. The first-order chi connectivity index (χ1) is 11.1. The van der Waals surface area contributed by atoms with E-state index in [-0.39, 0.29) is 12.5 Å². The lowest BCUT2D eigenvalue weighted by Crippen LogP contribution is -2.35. The van der Waals surface area contributed by atoms with E-state index in [1.54, 1.807) is 4.90 Å². The molecule has 0 radical (unpaired) electrons. The van der Waals surface area contributed by atoms with Gasteiger partial charge >= 0.3 is 0 Å². The minimum atomic E-state index is 0.00763. The van der Waals surface area contributed by atoms with Crippen molar-refractivity contribution in [3.63, 3.8) is 0 Å². The summed E-state index contributed by atoms with van der Waals surface area (Å²) in [6.45, 7) is 5.08. The highest BCUT2D eigenvalue weighted by atomic mass is 16.3. The molecule has 1 amide bonds. The van der Waals surface area contributed by atoms with Crippen LogP contribution in [0.25, 0.3) is 0 Å². The van der Waals surface area contributed by atoms with Crippen LogP contribution in [0.4, 0.5) is 0 Å². The molecule has 23 heavy (non-hydrogen) atoms. The van der Waals surface area contributed by atoms with Crippen molar-refractivity contribution < 1.29 is 9.90 Å².